The molecule has 0 aliphatic heterocycles. The molecule has 0 aliphatic carbocycles. The summed E-state index contributed by atoms with van der Waals surface area (Å²) in [4.78, 5) is 3.52. The van der Waals surface area contributed by atoms with Crippen LogP contribution >= 0.6 is 31.9 Å². The zero-order chi connectivity index (χ0) is 17.2. The number of nitrogens with zero attached hydrogens (tertiary/aromatic N) is 3. The van der Waals surface area contributed by atoms with Gasteiger partial charge in [0.2, 0.25) is 0 Å². The highest BCUT2D eigenvalue weighted by Gasteiger charge is 2.32. The molecule has 1 aromatic carbocycles. The monoisotopic (exact) mass is 451 g/mol. The number of anilines is 1. The van der Waals surface area contributed by atoms with Gasteiger partial charge in [-0.2, -0.15) is 18.3 Å². The van der Waals surface area contributed by atoms with Crippen LogP contribution in [-0.2, 0) is 6.18 Å². The van der Waals surface area contributed by atoms with E-state index in [1.54, 1.807) is 12.1 Å². The molecule has 0 saturated heterocycles. The van der Waals surface area contributed by atoms with Crippen molar-refractivity contribution in [2.45, 2.75) is 6.18 Å². The van der Waals surface area contributed by atoms with Crippen molar-refractivity contribution >= 4 is 43.9 Å². The van der Waals surface area contributed by atoms with E-state index < -0.39 is 11.9 Å². The molecule has 2 aromatic rings. The van der Waals surface area contributed by atoms with Crippen molar-refractivity contribution in [3.63, 3.8) is 0 Å². The maximum absolute atomic E-state index is 12.7. The van der Waals surface area contributed by atoms with Crippen LogP contribution in [0.25, 0.3) is 0 Å². The van der Waals surface area contributed by atoms with Crippen molar-refractivity contribution in [3.05, 3.63) is 50.5 Å². The maximum atomic E-state index is 12.7. The number of hydrazone groups is 1. The van der Waals surface area contributed by atoms with Crippen LogP contribution in [0, 0.1) is 0 Å². The second-order valence-corrected chi connectivity index (χ2v) is 6.24. The van der Waals surface area contributed by atoms with Gasteiger partial charge in [-0.3, -0.25) is 5.01 Å². The minimum absolute atomic E-state index is 0.0256. The van der Waals surface area contributed by atoms with E-state index in [4.69, 9.17) is 0 Å². The Bertz CT molecular complexity index is 751. The third kappa shape index (κ3) is 4.44. The molecular formula is C14H10Br2F3N3O. The van der Waals surface area contributed by atoms with Crippen LogP contribution in [0.3, 0.4) is 0 Å². The molecule has 0 bridgehead atoms. The summed E-state index contributed by atoms with van der Waals surface area (Å²) in [6.45, 7) is 0. The second kappa shape index (κ2) is 6.88. The van der Waals surface area contributed by atoms with E-state index in [0.29, 0.717) is 14.5 Å². The third-order valence-electron chi connectivity index (χ3n) is 2.78. The van der Waals surface area contributed by atoms with Crippen molar-refractivity contribution in [3.8, 4) is 5.75 Å². The Morgan fingerprint density at radius 1 is 1.26 bits per heavy atom. The normalized spacial score (nSPS) is 11.9. The van der Waals surface area contributed by atoms with Gasteiger partial charge in [0.15, 0.2) is 0 Å². The number of halogens is 5. The summed E-state index contributed by atoms with van der Waals surface area (Å²) in [5.41, 5.74) is -0.602. The van der Waals surface area contributed by atoms with E-state index in [0.717, 1.165) is 6.07 Å². The summed E-state index contributed by atoms with van der Waals surface area (Å²) in [5, 5.41) is 15.1. The summed E-state index contributed by atoms with van der Waals surface area (Å²) in [6, 6.07) is 6.83. The minimum atomic E-state index is -4.52. The van der Waals surface area contributed by atoms with Gasteiger partial charge in [-0.15, -0.1) is 0 Å². The Balaban J connectivity index is 2.27. The lowest BCUT2D eigenvalue weighted by Crippen LogP contribution is -2.14. The number of hydrogen-bond donors (Lipinski definition) is 1. The quantitative estimate of drug-likeness (QED) is 0.537. The first-order valence-electron chi connectivity index (χ1n) is 6.18. The molecule has 1 aromatic heterocycles. The Kier molecular flexibility index (Phi) is 5.30. The molecule has 0 unspecified atom stereocenters. The molecule has 0 aliphatic rings. The van der Waals surface area contributed by atoms with Crippen molar-refractivity contribution in [1.29, 1.82) is 0 Å². The van der Waals surface area contributed by atoms with Crippen molar-refractivity contribution in [1.82, 2.24) is 4.98 Å². The Morgan fingerprint density at radius 3 is 2.61 bits per heavy atom. The molecule has 1 heterocycles. The predicted octanol–water partition coefficient (Wildman–Crippen LogP) is 4.80. The SMILES string of the molecule is CN(/N=C/c1cc(Br)cc(Br)c1O)c1cccc(C(F)(F)F)n1. The molecule has 122 valence electrons. The van der Waals surface area contributed by atoms with Crippen LogP contribution in [0.15, 0.2) is 44.4 Å². The van der Waals surface area contributed by atoms with E-state index in [9.17, 15) is 18.3 Å². The number of aromatic nitrogens is 1. The lowest BCUT2D eigenvalue weighted by atomic mass is 10.2. The molecule has 0 amide bonds. The number of phenols is 1. The number of rotatable bonds is 3. The average molecular weight is 453 g/mol. The molecular weight excluding hydrogens is 443 g/mol. The molecule has 2 rings (SSSR count). The zero-order valence-electron chi connectivity index (χ0n) is 11.6. The van der Waals surface area contributed by atoms with E-state index in [1.165, 1.54) is 30.4 Å². The Labute approximate surface area is 146 Å². The Morgan fingerprint density at radius 2 is 1.96 bits per heavy atom. The van der Waals surface area contributed by atoms with E-state index in [-0.39, 0.29) is 11.6 Å². The molecule has 0 spiro atoms. The third-order valence-corrected chi connectivity index (χ3v) is 3.85. The van der Waals surface area contributed by atoms with Crippen LogP contribution in [0.4, 0.5) is 19.0 Å². The van der Waals surface area contributed by atoms with Gasteiger partial charge in [0.1, 0.15) is 17.3 Å². The fourth-order valence-corrected chi connectivity index (χ4v) is 2.91. The average Bonchev–Trinajstić information content (AvgIpc) is 2.48. The summed E-state index contributed by atoms with van der Waals surface area (Å²) < 4.78 is 39.2. The van der Waals surface area contributed by atoms with Gasteiger partial charge in [-0.05, 0) is 40.2 Å². The van der Waals surface area contributed by atoms with Crippen LogP contribution < -0.4 is 5.01 Å². The highest BCUT2D eigenvalue weighted by Crippen LogP contribution is 2.31. The number of alkyl halides is 3. The van der Waals surface area contributed by atoms with Crippen LogP contribution in [0.5, 0.6) is 5.75 Å². The van der Waals surface area contributed by atoms with Crippen LogP contribution in [0.1, 0.15) is 11.3 Å². The van der Waals surface area contributed by atoms with Gasteiger partial charge < -0.3 is 5.11 Å². The lowest BCUT2D eigenvalue weighted by molar-refractivity contribution is -0.141. The minimum Gasteiger partial charge on any atom is -0.506 e. The molecule has 0 fully saturated rings. The molecule has 23 heavy (non-hydrogen) atoms. The Hall–Kier alpha value is -1.61. The first-order chi connectivity index (χ1) is 10.7. The highest BCUT2D eigenvalue weighted by molar-refractivity contribution is 9.11. The van der Waals surface area contributed by atoms with E-state index in [2.05, 4.69) is 41.9 Å². The van der Waals surface area contributed by atoms with Crippen molar-refractivity contribution in [2.75, 3.05) is 12.1 Å². The molecule has 9 heteroatoms. The van der Waals surface area contributed by atoms with Crippen molar-refractivity contribution < 1.29 is 18.3 Å². The summed E-state index contributed by atoms with van der Waals surface area (Å²) in [5.74, 6) is 0.00646. The first-order valence-corrected chi connectivity index (χ1v) is 7.77. The van der Waals surface area contributed by atoms with Gasteiger partial charge in [0.25, 0.3) is 0 Å². The molecule has 0 saturated carbocycles. The summed E-state index contributed by atoms with van der Waals surface area (Å²) >= 11 is 6.46. The summed E-state index contributed by atoms with van der Waals surface area (Å²) in [7, 11) is 1.46. The molecule has 4 nitrogen and oxygen atoms in total. The van der Waals surface area contributed by atoms with Crippen molar-refractivity contribution in [2.24, 2.45) is 5.10 Å². The maximum Gasteiger partial charge on any atom is 0.433 e. The standard InChI is InChI=1S/C14H10Br2F3N3O/c1-22(12-4-2-3-11(21-12)14(17,18)19)20-7-8-5-9(15)6-10(16)13(8)23/h2-7,23H,1H3/b20-7+. The van der Waals surface area contributed by atoms with Crippen LogP contribution in [0.2, 0.25) is 0 Å². The van der Waals surface area contributed by atoms with E-state index >= 15 is 0 Å². The number of pyridine rings is 1. The van der Waals surface area contributed by atoms with Gasteiger partial charge in [-0.1, -0.05) is 22.0 Å². The highest BCUT2D eigenvalue weighted by atomic mass is 79.9. The lowest BCUT2D eigenvalue weighted by Gasteiger charge is -2.14. The largest absolute Gasteiger partial charge is 0.506 e. The van der Waals surface area contributed by atoms with Gasteiger partial charge in [0, 0.05) is 17.1 Å². The summed E-state index contributed by atoms with van der Waals surface area (Å²) in [6.07, 6.45) is -3.19. The van der Waals surface area contributed by atoms with Gasteiger partial charge in [0.05, 0.1) is 10.7 Å². The van der Waals surface area contributed by atoms with Gasteiger partial charge >= 0.3 is 6.18 Å². The molecule has 0 radical (unpaired) electrons. The number of phenolic OH excluding ortho intramolecular Hbond substituents is 1. The molecule has 1 N–H and O–H groups in total. The van der Waals surface area contributed by atoms with Gasteiger partial charge in [-0.25, -0.2) is 4.98 Å². The van der Waals surface area contributed by atoms with E-state index in [1.807, 2.05) is 0 Å². The number of hydrogen-bond acceptors (Lipinski definition) is 4. The first kappa shape index (κ1) is 17.7. The topological polar surface area (TPSA) is 48.7 Å². The smallest absolute Gasteiger partial charge is 0.433 e. The predicted molar refractivity (Wildman–Crippen MR) is 88.7 cm³/mol. The number of aromatic hydroxyl groups is 1. The fourth-order valence-electron chi connectivity index (χ4n) is 1.65. The van der Waals surface area contributed by atoms with Crippen LogP contribution in [-0.4, -0.2) is 23.4 Å². The fraction of sp³-hybridized carbons (Fsp3) is 0.143. The number of benzene rings is 1. The second-order valence-electron chi connectivity index (χ2n) is 4.47. The zero-order valence-corrected chi connectivity index (χ0v) is 14.8. The molecule has 0 atom stereocenters.